The molecule has 2 nitrogen and oxygen atoms in total. The number of carboxylic acid groups (broad SMARTS) is 1. The minimum Gasteiger partial charge on any atom is -0.478 e. The van der Waals surface area contributed by atoms with Crippen LogP contribution >= 0.6 is 0 Å². The number of carboxylic acids is 1. The third kappa shape index (κ3) is 7.06. The second kappa shape index (κ2) is 5.58. The molecular formula is C10H16O2. The molecule has 0 aromatic rings. The lowest BCUT2D eigenvalue weighted by Crippen LogP contribution is -1.88. The molecule has 2 heteroatoms. The van der Waals surface area contributed by atoms with Crippen LogP contribution in [0.4, 0.5) is 0 Å². The molecule has 0 saturated carbocycles. The van der Waals surface area contributed by atoms with E-state index >= 15 is 0 Å². The Morgan fingerprint density at radius 1 is 1.50 bits per heavy atom. The molecule has 0 saturated heterocycles. The number of rotatable bonds is 4. The summed E-state index contributed by atoms with van der Waals surface area (Å²) in [6.45, 7) is 6.03. The first-order valence-corrected chi connectivity index (χ1v) is 4.10. The molecule has 1 N–H and O–H groups in total. The highest BCUT2D eigenvalue weighted by molar-refractivity contribution is 5.81. The fraction of sp³-hybridized carbons (Fsp3) is 0.500. The summed E-state index contributed by atoms with van der Waals surface area (Å²) in [5, 5.41) is 8.38. The Labute approximate surface area is 73.6 Å². The number of hydrogen-bond donors (Lipinski definition) is 1. The van der Waals surface area contributed by atoms with Gasteiger partial charge in [-0.25, -0.2) is 4.79 Å². The number of carbonyl (C=O) groups is 1. The van der Waals surface area contributed by atoms with Crippen molar-refractivity contribution in [2.75, 3.05) is 0 Å². The number of aliphatic carboxylic acids is 1. The van der Waals surface area contributed by atoms with Crippen molar-refractivity contribution >= 4 is 5.97 Å². The highest BCUT2D eigenvalue weighted by Gasteiger charge is 1.90. The van der Waals surface area contributed by atoms with Crippen molar-refractivity contribution in [1.82, 2.24) is 0 Å². The van der Waals surface area contributed by atoms with Crippen LogP contribution in [0.15, 0.2) is 23.8 Å². The zero-order chi connectivity index (χ0) is 9.56. The van der Waals surface area contributed by atoms with E-state index in [0.717, 1.165) is 12.0 Å². The Morgan fingerprint density at radius 3 is 2.50 bits per heavy atom. The van der Waals surface area contributed by atoms with Gasteiger partial charge in [-0.05, 0) is 24.8 Å². The average molecular weight is 168 g/mol. The highest BCUT2D eigenvalue weighted by atomic mass is 16.4. The van der Waals surface area contributed by atoms with Crippen LogP contribution in [0.1, 0.15) is 27.2 Å². The molecule has 0 aliphatic heterocycles. The van der Waals surface area contributed by atoms with E-state index in [4.69, 9.17) is 5.11 Å². The highest BCUT2D eigenvalue weighted by Crippen LogP contribution is 2.02. The van der Waals surface area contributed by atoms with Gasteiger partial charge < -0.3 is 5.11 Å². The summed E-state index contributed by atoms with van der Waals surface area (Å²) in [4.78, 5) is 10.2. The SMILES string of the molecule is CC(=C/C(=O)O)/C=C/CC(C)C. The van der Waals surface area contributed by atoms with Gasteiger partial charge in [0, 0.05) is 6.08 Å². The van der Waals surface area contributed by atoms with Crippen molar-refractivity contribution < 1.29 is 9.90 Å². The standard InChI is InChI=1S/C10H16O2/c1-8(2)5-4-6-9(3)7-10(11)12/h4,6-8H,5H2,1-3H3,(H,11,12)/b6-4+,9-7-. The minimum absolute atomic E-state index is 0.624. The third-order valence-corrected chi connectivity index (χ3v) is 1.34. The molecule has 0 unspecified atom stereocenters. The zero-order valence-corrected chi connectivity index (χ0v) is 7.87. The third-order valence-electron chi connectivity index (χ3n) is 1.34. The van der Waals surface area contributed by atoms with Gasteiger partial charge in [-0.1, -0.05) is 26.0 Å². The fourth-order valence-corrected chi connectivity index (χ4v) is 0.769. The molecule has 0 spiro atoms. The summed E-state index contributed by atoms with van der Waals surface area (Å²) in [6.07, 6.45) is 6.04. The first kappa shape index (κ1) is 11.0. The molecule has 0 aliphatic carbocycles. The lowest BCUT2D eigenvalue weighted by atomic mass is 10.1. The number of hydrogen-bond acceptors (Lipinski definition) is 1. The summed E-state index contributed by atoms with van der Waals surface area (Å²) in [5.74, 6) is -0.263. The Balaban J connectivity index is 3.91. The van der Waals surface area contributed by atoms with Crippen molar-refractivity contribution in [1.29, 1.82) is 0 Å². The van der Waals surface area contributed by atoms with Crippen molar-refractivity contribution in [2.45, 2.75) is 27.2 Å². The van der Waals surface area contributed by atoms with Gasteiger partial charge in [-0.15, -0.1) is 0 Å². The minimum atomic E-state index is -0.887. The molecule has 0 amide bonds. The summed E-state index contributed by atoms with van der Waals surface area (Å²) in [6, 6.07) is 0. The van der Waals surface area contributed by atoms with E-state index in [1.807, 2.05) is 12.2 Å². The molecule has 68 valence electrons. The summed E-state index contributed by atoms with van der Waals surface area (Å²) >= 11 is 0. The van der Waals surface area contributed by atoms with Gasteiger partial charge in [0.25, 0.3) is 0 Å². The number of allylic oxidation sites excluding steroid dienone is 3. The normalized spacial score (nSPS) is 12.8. The van der Waals surface area contributed by atoms with Crippen LogP contribution in [0.25, 0.3) is 0 Å². The monoisotopic (exact) mass is 168 g/mol. The van der Waals surface area contributed by atoms with E-state index in [0.29, 0.717) is 5.92 Å². The first-order chi connectivity index (χ1) is 5.52. The largest absolute Gasteiger partial charge is 0.478 e. The molecule has 0 aromatic carbocycles. The van der Waals surface area contributed by atoms with Gasteiger partial charge in [-0.2, -0.15) is 0 Å². The molecule has 0 aliphatic rings. The van der Waals surface area contributed by atoms with Crippen LogP contribution < -0.4 is 0 Å². The van der Waals surface area contributed by atoms with Crippen LogP contribution in [0, 0.1) is 5.92 Å². The Kier molecular flexibility index (Phi) is 5.09. The van der Waals surface area contributed by atoms with Crippen molar-refractivity contribution in [3.8, 4) is 0 Å². The molecule has 0 aromatic heterocycles. The molecule has 12 heavy (non-hydrogen) atoms. The van der Waals surface area contributed by atoms with E-state index in [1.165, 1.54) is 6.08 Å². The van der Waals surface area contributed by atoms with E-state index < -0.39 is 5.97 Å². The van der Waals surface area contributed by atoms with E-state index in [1.54, 1.807) is 6.92 Å². The second-order valence-electron chi connectivity index (χ2n) is 3.26. The fourth-order valence-electron chi connectivity index (χ4n) is 0.769. The summed E-state index contributed by atoms with van der Waals surface area (Å²) in [5.41, 5.74) is 0.781. The van der Waals surface area contributed by atoms with Crippen molar-refractivity contribution in [2.24, 2.45) is 5.92 Å². The molecule has 0 heterocycles. The predicted molar refractivity (Wildman–Crippen MR) is 50.0 cm³/mol. The van der Waals surface area contributed by atoms with Crippen LogP contribution in [0.3, 0.4) is 0 Å². The Bertz CT molecular complexity index is 200. The van der Waals surface area contributed by atoms with Gasteiger partial charge in [0.05, 0.1) is 0 Å². The molecule has 0 bridgehead atoms. The quantitative estimate of drug-likeness (QED) is 0.517. The summed E-state index contributed by atoms with van der Waals surface area (Å²) in [7, 11) is 0. The van der Waals surface area contributed by atoms with Gasteiger partial charge in [0.15, 0.2) is 0 Å². The molecule has 0 rings (SSSR count). The maximum Gasteiger partial charge on any atom is 0.328 e. The zero-order valence-electron chi connectivity index (χ0n) is 7.87. The molecule has 0 fully saturated rings. The van der Waals surface area contributed by atoms with Crippen LogP contribution in [-0.4, -0.2) is 11.1 Å². The van der Waals surface area contributed by atoms with E-state index in [-0.39, 0.29) is 0 Å². The Morgan fingerprint density at radius 2 is 2.08 bits per heavy atom. The van der Waals surface area contributed by atoms with Gasteiger partial charge >= 0.3 is 5.97 Å². The van der Waals surface area contributed by atoms with Gasteiger partial charge in [0.2, 0.25) is 0 Å². The lowest BCUT2D eigenvalue weighted by molar-refractivity contribution is -0.131. The smallest absolute Gasteiger partial charge is 0.328 e. The van der Waals surface area contributed by atoms with Gasteiger partial charge in [-0.3, -0.25) is 0 Å². The van der Waals surface area contributed by atoms with Crippen LogP contribution in [-0.2, 0) is 4.79 Å². The first-order valence-electron chi connectivity index (χ1n) is 4.10. The summed E-state index contributed by atoms with van der Waals surface area (Å²) < 4.78 is 0. The van der Waals surface area contributed by atoms with Crippen LogP contribution in [0.2, 0.25) is 0 Å². The molecule has 0 atom stereocenters. The van der Waals surface area contributed by atoms with E-state index in [2.05, 4.69) is 13.8 Å². The maximum atomic E-state index is 10.2. The maximum absolute atomic E-state index is 10.2. The second-order valence-corrected chi connectivity index (χ2v) is 3.26. The lowest BCUT2D eigenvalue weighted by Gasteiger charge is -1.96. The molecule has 0 radical (unpaired) electrons. The van der Waals surface area contributed by atoms with E-state index in [9.17, 15) is 4.79 Å². The molecular weight excluding hydrogens is 152 g/mol. The van der Waals surface area contributed by atoms with Crippen LogP contribution in [0.5, 0.6) is 0 Å². The Hall–Kier alpha value is -1.05. The topological polar surface area (TPSA) is 37.3 Å². The predicted octanol–water partition coefficient (Wildman–Crippen LogP) is 2.62. The van der Waals surface area contributed by atoms with Crippen molar-refractivity contribution in [3.05, 3.63) is 23.8 Å². The van der Waals surface area contributed by atoms with Gasteiger partial charge in [0.1, 0.15) is 0 Å². The van der Waals surface area contributed by atoms with Crippen molar-refractivity contribution in [3.63, 3.8) is 0 Å². The average Bonchev–Trinajstić information content (AvgIpc) is 1.84.